The quantitative estimate of drug-likeness (QED) is 0.0641. The van der Waals surface area contributed by atoms with Gasteiger partial charge in [-0.1, -0.05) is 149 Å². The Hall–Kier alpha value is 0.437. The average molecular weight is 501 g/mol. The zero-order chi connectivity index (χ0) is 24.5. The molecule has 1 atom stereocenters. The van der Waals surface area contributed by atoms with E-state index in [4.69, 9.17) is 4.18 Å². The molecule has 0 aliphatic carbocycles. The van der Waals surface area contributed by atoms with Gasteiger partial charge in [0.15, 0.2) is 0 Å². The van der Waals surface area contributed by atoms with E-state index in [9.17, 15) is 12.8 Å². The van der Waals surface area contributed by atoms with E-state index in [1.165, 1.54) is 109 Å². The van der Waals surface area contributed by atoms with Gasteiger partial charge in [0, 0.05) is 0 Å². The van der Waals surface area contributed by atoms with E-state index in [0.717, 1.165) is 25.7 Å². The molecule has 0 aromatic heterocycles. The van der Waals surface area contributed by atoms with E-state index in [-0.39, 0.29) is 31.9 Å². The summed E-state index contributed by atoms with van der Waals surface area (Å²) in [6.07, 6.45) is 27.7. The topological polar surface area (TPSA) is 43.4 Å². The van der Waals surface area contributed by atoms with Crippen molar-refractivity contribution in [3.63, 3.8) is 0 Å². The summed E-state index contributed by atoms with van der Waals surface area (Å²) >= 11 is 0. The van der Waals surface area contributed by atoms with Gasteiger partial charge in [-0.25, -0.2) is 4.39 Å². The first kappa shape index (κ1) is 36.6. The average Bonchev–Trinajstić information content (AvgIpc) is 2.80. The number of alkyl halides is 1. The Morgan fingerprint density at radius 2 is 0.824 bits per heavy atom. The molecule has 0 N–H and O–H groups in total. The Bertz CT molecular complexity index is 488. The summed E-state index contributed by atoms with van der Waals surface area (Å²) in [4.78, 5) is 0. The number of hydrogen-bond donors (Lipinski definition) is 0. The fourth-order valence-electron chi connectivity index (χ4n) is 4.31. The first-order valence-electron chi connectivity index (χ1n) is 14.6. The molecular weight excluding hydrogens is 442 g/mol. The molecule has 0 saturated heterocycles. The molecule has 0 fully saturated rings. The minimum atomic E-state index is -4.05. The van der Waals surface area contributed by atoms with Crippen LogP contribution < -0.4 is 0 Å². The molecule has 202 valence electrons. The fraction of sp³-hybridized carbons (Fsp3) is 1.00. The Kier molecular flexibility index (Phi) is 30.2. The standard InChI is InChI=1S/C28H57FO3S.Li.H/c1-3-5-7-9-11-13-14-15-16-17-19-21-23-25-27-32-33(30,31)28(29)26-24-22-20-18-12-10-8-6-4-2;;/h28H,3-27H2,1-2H3;;. The van der Waals surface area contributed by atoms with E-state index < -0.39 is 15.6 Å². The molecule has 0 rings (SSSR count). The second kappa shape index (κ2) is 28.0. The zero-order valence-corrected chi connectivity index (χ0v) is 23.1. The van der Waals surface area contributed by atoms with Gasteiger partial charge in [-0.3, -0.25) is 4.18 Å². The molecule has 34 heavy (non-hydrogen) atoms. The van der Waals surface area contributed by atoms with Crippen LogP contribution in [0.1, 0.15) is 168 Å². The van der Waals surface area contributed by atoms with E-state index in [1.807, 2.05) is 0 Å². The molecule has 0 aromatic carbocycles. The Balaban J connectivity index is 0. The molecule has 0 amide bonds. The van der Waals surface area contributed by atoms with E-state index in [0.29, 0.717) is 12.8 Å². The van der Waals surface area contributed by atoms with Crippen molar-refractivity contribution >= 4 is 29.0 Å². The van der Waals surface area contributed by atoms with Crippen LogP contribution in [0.2, 0.25) is 0 Å². The van der Waals surface area contributed by atoms with Crippen LogP contribution in [0.5, 0.6) is 0 Å². The minimum absolute atomic E-state index is 0. The van der Waals surface area contributed by atoms with Crippen molar-refractivity contribution in [1.29, 1.82) is 0 Å². The van der Waals surface area contributed by atoms with Crippen molar-refractivity contribution in [3.05, 3.63) is 0 Å². The molecule has 0 aliphatic rings. The first-order chi connectivity index (χ1) is 16.0. The normalized spacial score (nSPS) is 12.6. The number of unbranched alkanes of at least 4 members (excludes halogenated alkanes) is 21. The van der Waals surface area contributed by atoms with Gasteiger partial charge in [-0.05, 0) is 19.3 Å². The molecule has 0 radical (unpaired) electrons. The number of halogens is 1. The molecule has 0 bridgehead atoms. The summed E-state index contributed by atoms with van der Waals surface area (Å²) in [5.74, 6) is 0. The maximum atomic E-state index is 14.1. The van der Waals surface area contributed by atoms with Gasteiger partial charge in [0.25, 0.3) is 10.1 Å². The van der Waals surface area contributed by atoms with Crippen LogP contribution in [0.3, 0.4) is 0 Å². The van der Waals surface area contributed by atoms with Crippen molar-refractivity contribution in [1.82, 2.24) is 0 Å². The maximum absolute atomic E-state index is 14.1. The van der Waals surface area contributed by atoms with E-state index in [1.54, 1.807) is 0 Å². The number of rotatable bonds is 27. The SMILES string of the molecule is CCCCCCCCCCCCCCCCOS(=O)(=O)C(F)CCCCCCCCCCC.[LiH]. The Morgan fingerprint density at radius 1 is 0.529 bits per heavy atom. The Labute approximate surface area is 225 Å². The van der Waals surface area contributed by atoms with Gasteiger partial charge in [0.1, 0.15) is 0 Å². The van der Waals surface area contributed by atoms with Crippen LogP contribution in [-0.2, 0) is 14.3 Å². The van der Waals surface area contributed by atoms with Crippen molar-refractivity contribution in [2.45, 2.75) is 173 Å². The van der Waals surface area contributed by atoms with Crippen LogP contribution in [0, 0.1) is 0 Å². The van der Waals surface area contributed by atoms with Crippen molar-refractivity contribution in [2.75, 3.05) is 6.61 Å². The van der Waals surface area contributed by atoms with Crippen LogP contribution >= 0.6 is 0 Å². The Morgan fingerprint density at radius 3 is 1.18 bits per heavy atom. The van der Waals surface area contributed by atoms with Crippen molar-refractivity contribution in [2.24, 2.45) is 0 Å². The van der Waals surface area contributed by atoms with Gasteiger partial charge >= 0.3 is 18.9 Å². The predicted molar refractivity (Wildman–Crippen MR) is 149 cm³/mol. The fourth-order valence-corrected chi connectivity index (χ4v) is 5.26. The molecule has 0 heterocycles. The molecule has 3 nitrogen and oxygen atoms in total. The van der Waals surface area contributed by atoms with Gasteiger partial charge in [-0.2, -0.15) is 8.42 Å². The van der Waals surface area contributed by atoms with Crippen LogP contribution in [0.25, 0.3) is 0 Å². The third-order valence-corrected chi connectivity index (χ3v) is 7.95. The first-order valence-corrected chi connectivity index (χ1v) is 16.0. The molecule has 0 aliphatic heterocycles. The van der Waals surface area contributed by atoms with Crippen LogP contribution in [0.4, 0.5) is 4.39 Å². The molecule has 0 aromatic rings. The predicted octanol–water partition coefficient (Wildman–Crippen LogP) is 9.38. The number of hydrogen-bond acceptors (Lipinski definition) is 3. The molecule has 1 unspecified atom stereocenters. The zero-order valence-electron chi connectivity index (χ0n) is 22.3. The van der Waals surface area contributed by atoms with Gasteiger partial charge in [0.2, 0.25) is 5.50 Å². The van der Waals surface area contributed by atoms with Gasteiger partial charge in [-0.15, -0.1) is 0 Å². The third kappa shape index (κ3) is 25.5. The van der Waals surface area contributed by atoms with Crippen LogP contribution in [-0.4, -0.2) is 39.4 Å². The summed E-state index contributed by atoms with van der Waals surface area (Å²) in [6, 6.07) is 0. The summed E-state index contributed by atoms with van der Waals surface area (Å²) in [7, 11) is -4.05. The molecule has 6 heteroatoms. The monoisotopic (exact) mass is 500 g/mol. The second-order valence-electron chi connectivity index (χ2n) is 9.94. The molecule has 0 saturated carbocycles. The summed E-state index contributed by atoms with van der Waals surface area (Å²) < 4.78 is 42.9. The van der Waals surface area contributed by atoms with E-state index >= 15 is 0 Å². The van der Waals surface area contributed by atoms with Crippen molar-refractivity contribution < 1.29 is 17.0 Å². The summed E-state index contributed by atoms with van der Waals surface area (Å²) in [6.45, 7) is 4.60. The van der Waals surface area contributed by atoms with E-state index in [2.05, 4.69) is 13.8 Å². The summed E-state index contributed by atoms with van der Waals surface area (Å²) in [5.41, 5.74) is -1.87. The molecular formula is C28H58FLiO3S. The van der Waals surface area contributed by atoms with Gasteiger partial charge < -0.3 is 0 Å². The van der Waals surface area contributed by atoms with Gasteiger partial charge in [0.05, 0.1) is 6.61 Å². The van der Waals surface area contributed by atoms with Crippen LogP contribution in [0.15, 0.2) is 0 Å². The second-order valence-corrected chi connectivity index (χ2v) is 11.7. The third-order valence-electron chi connectivity index (χ3n) is 6.59. The molecule has 0 spiro atoms. The van der Waals surface area contributed by atoms with Crippen molar-refractivity contribution in [3.8, 4) is 0 Å². The summed E-state index contributed by atoms with van der Waals surface area (Å²) in [5, 5.41) is 0.